The molecule has 1 fully saturated rings. The molecule has 0 unspecified atom stereocenters. The molecule has 5 rings (SSSR count). The van der Waals surface area contributed by atoms with Crippen molar-refractivity contribution in [3.63, 3.8) is 0 Å². The van der Waals surface area contributed by atoms with Crippen molar-refractivity contribution in [2.45, 2.75) is 52.4 Å². The van der Waals surface area contributed by atoms with Gasteiger partial charge in [-0.05, 0) is 84.1 Å². The number of hydrogen-bond donors (Lipinski definition) is 0. The van der Waals surface area contributed by atoms with Gasteiger partial charge in [-0.3, -0.25) is 4.79 Å². The molecule has 1 aliphatic rings. The lowest BCUT2D eigenvalue weighted by Crippen LogP contribution is -2.58. The van der Waals surface area contributed by atoms with Crippen LogP contribution in [0.25, 0.3) is 32.0 Å². The van der Waals surface area contributed by atoms with Gasteiger partial charge in [-0.1, -0.05) is 23.7 Å². The summed E-state index contributed by atoms with van der Waals surface area (Å²) in [6, 6.07) is 12.2. The topological polar surface area (TPSA) is 71.5 Å². The number of ketones is 1. The van der Waals surface area contributed by atoms with Gasteiger partial charge in [0, 0.05) is 41.5 Å². The molecular weight excluding hydrogens is 530 g/mol. The molecule has 204 valence electrons. The zero-order valence-corrected chi connectivity index (χ0v) is 25.0. The molecule has 2 aromatic carbocycles. The molecule has 0 amide bonds. The van der Waals surface area contributed by atoms with Crippen molar-refractivity contribution in [3.8, 4) is 21.8 Å². The van der Waals surface area contributed by atoms with E-state index in [1.165, 1.54) is 0 Å². The minimum atomic E-state index is -0.715. The van der Waals surface area contributed by atoms with Crippen LogP contribution in [-0.4, -0.2) is 64.5 Å². The Balaban J connectivity index is 1.65. The molecule has 1 atom stereocenters. The van der Waals surface area contributed by atoms with Gasteiger partial charge in [-0.2, -0.15) is 0 Å². The Kier molecular flexibility index (Phi) is 7.50. The molecule has 1 aliphatic heterocycles. The molecule has 4 aromatic rings. The van der Waals surface area contributed by atoms with Crippen molar-refractivity contribution in [2.75, 3.05) is 32.1 Å². The molecule has 9 heteroatoms. The smallest absolute Gasteiger partial charge is 0.226 e. The average molecular weight is 564 g/mol. The van der Waals surface area contributed by atoms with Crippen molar-refractivity contribution >= 4 is 44.9 Å². The van der Waals surface area contributed by atoms with E-state index in [1.807, 2.05) is 64.1 Å². The van der Waals surface area contributed by atoms with Gasteiger partial charge in [0.25, 0.3) is 0 Å². The second-order valence-electron chi connectivity index (χ2n) is 11.3. The quantitative estimate of drug-likeness (QED) is 0.251. The lowest BCUT2D eigenvalue weighted by atomic mass is 9.90. The monoisotopic (exact) mass is 563 g/mol. The summed E-state index contributed by atoms with van der Waals surface area (Å²) in [5, 5.41) is 1.46. The van der Waals surface area contributed by atoms with Gasteiger partial charge < -0.3 is 14.5 Å². The summed E-state index contributed by atoms with van der Waals surface area (Å²) in [6.07, 6.45) is 1.08. The first-order valence-corrected chi connectivity index (χ1v) is 14.2. The first-order chi connectivity index (χ1) is 18.4. The molecule has 0 spiro atoms. The fourth-order valence-corrected chi connectivity index (χ4v) is 6.05. The zero-order chi connectivity index (χ0) is 28.1. The molecule has 39 heavy (non-hydrogen) atoms. The second kappa shape index (κ2) is 10.6. The van der Waals surface area contributed by atoms with Crippen molar-refractivity contribution in [3.05, 3.63) is 58.7 Å². The van der Waals surface area contributed by atoms with Crippen molar-refractivity contribution in [1.82, 2.24) is 19.9 Å². The maximum atomic E-state index is 13.0. The van der Waals surface area contributed by atoms with Crippen LogP contribution in [-0.2, 0) is 9.53 Å². The molecule has 2 aromatic heterocycles. The van der Waals surface area contributed by atoms with Crippen LogP contribution >= 0.6 is 22.9 Å². The van der Waals surface area contributed by atoms with E-state index in [1.54, 1.807) is 24.5 Å². The summed E-state index contributed by atoms with van der Waals surface area (Å²) in [6.45, 7) is 11.3. The molecule has 0 N–H and O–H groups in total. The number of Topliss-reactive ketones (excluding diaryl/α,β-unsaturated/α-hetero) is 1. The number of anilines is 1. The highest BCUT2D eigenvalue weighted by Crippen LogP contribution is 2.44. The van der Waals surface area contributed by atoms with Gasteiger partial charge in [-0.25, -0.2) is 15.0 Å². The van der Waals surface area contributed by atoms with E-state index >= 15 is 0 Å². The van der Waals surface area contributed by atoms with Gasteiger partial charge in [0.05, 0.1) is 15.8 Å². The first-order valence-electron chi connectivity index (χ1n) is 13.0. The number of nitrogens with zero attached hydrogens (tertiary/aromatic N) is 5. The molecule has 0 aliphatic carbocycles. The summed E-state index contributed by atoms with van der Waals surface area (Å²) in [5.41, 5.74) is 4.85. The number of ether oxygens (including phenoxy) is 1. The third-order valence-electron chi connectivity index (χ3n) is 6.90. The fourth-order valence-electron chi connectivity index (χ4n) is 4.83. The van der Waals surface area contributed by atoms with E-state index in [0.717, 1.165) is 62.2 Å². The third-order valence-corrected chi connectivity index (χ3v) is 8.26. The standard InChI is InChI=1S/C30H34ClN5O2S/c1-17-14-23-27(39-28(33-23)22-12-13-32-29(34-22)36-15-21(16-36)35(6)7)25(19-8-10-20(31)11-9-19)24(17)26(18(2)37)38-30(3,4)5/h8-14,21,26H,15-16H2,1-7H3/t26-/m1/s1. The summed E-state index contributed by atoms with van der Waals surface area (Å²) < 4.78 is 7.34. The van der Waals surface area contributed by atoms with Crippen LogP contribution in [0.3, 0.4) is 0 Å². The van der Waals surface area contributed by atoms with E-state index in [9.17, 15) is 4.79 Å². The lowest BCUT2D eigenvalue weighted by Gasteiger charge is -2.42. The lowest BCUT2D eigenvalue weighted by molar-refractivity contribution is -0.138. The van der Waals surface area contributed by atoms with E-state index in [4.69, 9.17) is 26.3 Å². The second-order valence-corrected chi connectivity index (χ2v) is 12.8. The highest BCUT2D eigenvalue weighted by Gasteiger charge is 2.32. The van der Waals surface area contributed by atoms with Crippen LogP contribution in [0.2, 0.25) is 5.02 Å². The van der Waals surface area contributed by atoms with Crippen LogP contribution < -0.4 is 4.90 Å². The Morgan fingerprint density at radius 2 is 1.85 bits per heavy atom. The SMILES string of the molecule is CC(=O)[C@@H](OC(C)(C)C)c1c(C)cc2nc(-c3ccnc(N4CC(N(C)C)C4)n3)sc2c1-c1ccc(Cl)cc1. The molecule has 7 nitrogen and oxygen atoms in total. The number of aryl methyl sites for hydroxylation is 1. The number of benzene rings is 2. The Morgan fingerprint density at radius 1 is 1.15 bits per heavy atom. The zero-order valence-electron chi connectivity index (χ0n) is 23.4. The number of thiazole rings is 1. The van der Waals surface area contributed by atoms with E-state index in [2.05, 4.69) is 28.9 Å². The molecule has 1 saturated heterocycles. The number of aromatic nitrogens is 3. The van der Waals surface area contributed by atoms with Crippen molar-refractivity contribution in [1.29, 1.82) is 0 Å². The maximum absolute atomic E-state index is 13.0. The molecule has 3 heterocycles. The van der Waals surface area contributed by atoms with Crippen molar-refractivity contribution in [2.24, 2.45) is 0 Å². The number of hydrogen-bond acceptors (Lipinski definition) is 8. The van der Waals surface area contributed by atoms with E-state index in [-0.39, 0.29) is 5.78 Å². The number of carbonyl (C=O) groups excluding carboxylic acids is 1. The Morgan fingerprint density at radius 3 is 2.46 bits per heavy atom. The summed E-state index contributed by atoms with van der Waals surface area (Å²) in [5.74, 6) is 0.674. The Labute approximate surface area is 238 Å². The summed E-state index contributed by atoms with van der Waals surface area (Å²) >= 11 is 7.82. The molecule has 0 radical (unpaired) electrons. The number of fused-ring (bicyclic) bond motifs is 1. The van der Waals surface area contributed by atoms with Crippen LogP contribution in [0.15, 0.2) is 42.6 Å². The van der Waals surface area contributed by atoms with Crippen LogP contribution in [0, 0.1) is 6.92 Å². The highest BCUT2D eigenvalue weighted by molar-refractivity contribution is 7.22. The van der Waals surface area contributed by atoms with Crippen LogP contribution in [0.5, 0.6) is 0 Å². The van der Waals surface area contributed by atoms with E-state index in [0.29, 0.717) is 11.1 Å². The first kappa shape index (κ1) is 27.6. The van der Waals surface area contributed by atoms with Gasteiger partial charge >= 0.3 is 0 Å². The predicted molar refractivity (Wildman–Crippen MR) is 160 cm³/mol. The van der Waals surface area contributed by atoms with Crippen LogP contribution in [0.4, 0.5) is 5.95 Å². The minimum absolute atomic E-state index is 0.0432. The minimum Gasteiger partial charge on any atom is -0.360 e. The average Bonchev–Trinajstić information content (AvgIpc) is 3.24. The number of carbonyl (C=O) groups is 1. The predicted octanol–water partition coefficient (Wildman–Crippen LogP) is 6.58. The highest BCUT2D eigenvalue weighted by atomic mass is 35.5. The van der Waals surface area contributed by atoms with Gasteiger partial charge in [-0.15, -0.1) is 11.3 Å². The molecule has 0 bridgehead atoms. The number of likely N-dealkylation sites (N-methyl/N-ethyl adjacent to an activating group) is 1. The summed E-state index contributed by atoms with van der Waals surface area (Å²) in [7, 11) is 4.19. The van der Waals surface area contributed by atoms with Gasteiger partial charge in [0.2, 0.25) is 5.95 Å². The van der Waals surface area contributed by atoms with Crippen molar-refractivity contribution < 1.29 is 9.53 Å². The fraction of sp³-hybridized carbons (Fsp3) is 0.400. The van der Waals surface area contributed by atoms with E-state index < -0.39 is 11.7 Å². The Bertz CT molecular complexity index is 1520. The Hall–Kier alpha value is -2.91. The molecular formula is C30H34ClN5O2S. The van der Waals surface area contributed by atoms with Gasteiger partial charge in [0.1, 0.15) is 16.8 Å². The third kappa shape index (κ3) is 5.70. The molecule has 0 saturated carbocycles. The van der Waals surface area contributed by atoms with Crippen LogP contribution in [0.1, 0.15) is 44.9 Å². The largest absolute Gasteiger partial charge is 0.360 e. The van der Waals surface area contributed by atoms with Gasteiger partial charge in [0.15, 0.2) is 5.78 Å². The normalized spacial score (nSPS) is 15.2. The summed E-state index contributed by atoms with van der Waals surface area (Å²) in [4.78, 5) is 31.8. The number of halogens is 1. The maximum Gasteiger partial charge on any atom is 0.226 e. The number of rotatable bonds is 7.